The molecule has 0 unspecified atom stereocenters. The van der Waals surface area contributed by atoms with E-state index in [4.69, 9.17) is 0 Å². The zero-order chi connectivity index (χ0) is 10.7. The Morgan fingerprint density at radius 3 is 2.47 bits per heavy atom. The van der Waals surface area contributed by atoms with E-state index in [-0.39, 0.29) is 0 Å². The Balaban J connectivity index is 2.29. The van der Waals surface area contributed by atoms with Crippen LogP contribution in [0.1, 0.15) is 5.56 Å². The van der Waals surface area contributed by atoms with Crippen LogP contribution in [0.25, 0.3) is 11.8 Å². The highest BCUT2D eigenvalue weighted by molar-refractivity contribution is 5.52. The maximum absolute atomic E-state index is 11.9. The van der Waals surface area contributed by atoms with Crippen molar-refractivity contribution in [3.8, 4) is 5.69 Å². The molecule has 1 aromatic heterocycles. The second-order valence-corrected chi connectivity index (χ2v) is 2.98. The lowest BCUT2D eigenvalue weighted by Crippen LogP contribution is -1.93. The topological polar surface area (TPSA) is 17.8 Å². The average molecular weight is 206 g/mol. The highest BCUT2D eigenvalue weighted by Gasteiger charge is 1.96. The first-order valence-electron chi connectivity index (χ1n) is 4.38. The van der Waals surface area contributed by atoms with E-state index in [1.807, 2.05) is 0 Å². The van der Waals surface area contributed by atoms with E-state index in [9.17, 15) is 8.78 Å². The SMILES string of the molecule is FC(F)=Cc1ccc(-n2cccn2)cc1. The molecule has 2 aromatic rings. The van der Waals surface area contributed by atoms with Gasteiger partial charge in [-0.25, -0.2) is 4.68 Å². The Morgan fingerprint density at radius 2 is 1.93 bits per heavy atom. The van der Waals surface area contributed by atoms with E-state index >= 15 is 0 Å². The van der Waals surface area contributed by atoms with Gasteiger partial charge in [-0.2, -0.15) is 13.9 Å². The van der Waals surface area contributed by atoms with Crippen molar-refractivity contribution in [3.05, 3.63) is 54.4 Å². The van der Waals surface area contributed by atoms with Crippen LogP contribution in [0.5, 0.6) is 0 Å². The van der Waals surface area contributed by atoms with Crippen molar-refractivity contribution >= 4 is 6.08 Å². The summed E-state index contributed by atoms with van der Waals surface area (Å²) < 4.78 is 25.5. The summed E-state index contributed by atoms with van der Waals surface area (Å²) in [6.07, 6.45) is 2.59. The molecule has 76 valence electrons. The zero-order valence-corrected chi connectivity index (χ0v) is 7.77. The summed E-state index contributed by atoms with van der Waals surface area (Å²) >= 11 is 0. The Bertz CT molecular complexity index is 454. The van der Waals surface area contributed by atoms with E-state index in [0.717, 1.165) is 11.8 Å². The maximum Gasteiger partial charge on any atom is 0.270 e. The van der Waals surface area contributed by atoms with E-state index in [1.165, 1.54) is 0 Å². The van der Waals surface area contributed by atoms with Crippen LogP contribution in [-0.4, -0.2) is 9.78 Å². The molecule has 0 aliphatic heterocycles. The van der Waals surface area contributed by atoms with Crippen LogP contribution < -0.4 is 0 Å². The van der Waals surface area contributed by atoms with Gasteiger partial charge in [0.25, 0.3) is 6.08 Å². The van der Waals surface area contributed by atoms with Gasteiger partial charge in [-0.15, -0.1) is 0 Å². The summed E-state index contributed by atoms with van der Waals surface area (Å²) in [6.45, 7) is 0. The van der Waals surface area contributed by atoms with Crippen LogP contribution in [0.2, 0.25) is 0 Å². The summed E-state index contributed by atoms with van der Waals surface area (Å²) in [7, 11) is 0. The predicted molar refractivity (Wildman–Crippen MR) is 53.8 cm³/mol. The summed E-state index contributed by atoms with van der Waals surface area (Å²) in [5, 5.41) is 4.03. The third-order valence-electron chi connectivity index (χ3n) is 1.94. The van der Waals surface area contributed by atoms with Gasteiger partial charge in [0.05, 0.1) is 5.69 Å². The third-order valence-corrected chi connectivity index (χ3v) is 1.94. The number of hydrogen-bond acceptors (Lipinski definition) is 1. The fraction of sp³-hybridized carbons (Fsp3) is 0. The molecule has 0 radical (unpaired) electrons. The summed E-state index contributed by atoms with van der Waals surface area (Å²) in [5.41, 5.74) is 1.32. The summed E-state index contributed by atoms with van der Waals surface area (Å²) in [6, 6.07) is 8.52. The Morgan fingerprint density at radius 1 is 1.20 bits per heavy atom. The van der Waals surface area contributed by atoms with Gasteiger partial charge >= 0.3 is 0 Å². The minimum absolute atomic E-state index is 0.478. The second-order valence-electron chi connectivity index (χ2n) is 2.98. The molecule has 2 rings (SSSR count). The maximum atomic E-state index is 11.9. The number of nitrogens with zero attached hydrogens (tertiary/aromatic N) is 2. The van der Waals surface area contributed by atoms with Gasteiger partial charge in [-0.3, -0.25) is 0 Å². The van der Waals surface area contributed by atoms with Crippen molar-refractivity contribution < 1.29 is 8.78 Å². The normalized spacial score (nSPS) is 10.0. The van der Waals surface area contributed by atoms with Crippen molar-refractivity contribution in [1.29, 1.82) is 0 Å². The van der Waals surface area contributed by atoms with Gasteiger partial charge in [-0.05, 0) is 23.8 Å². The van der Waals surface area contributed by atoms with Crippen molar-refractivity contribution in [2.24, 2.45) is 0 Å². The second kappa shape index (κ2) is 4.04. The number of aromatic nitrogens is 2. The van der Waals surface area contributed by atoms with Crippen LogP contribution in [-0.2, 0) is 0 Å². The fourth-order valence-electron chi connectivity index (χ4n) is 1.27. The summed E-state index contributed by atoms with van der Waals surface area (Å²) in [4.78, 5) is 0. The minimum Gasteiger partial charge on any atom is -0.241 e. The Hall–Kier alpha value is -1.97. The first kappa shape index (κ1) is 9.58. The molecule has 1 heterocycles. The van der Waals surface area contributed by atoms with Crippen molar-refractivity contribution in [3.63, 3.8) is 0 Å². The molecule has 0 N–H and O–H groups in total. The van der Waals surface area contributed by atoms with Crippen LogP contribution in [0.4, 0.5) is 8.78 Å². The molecule has 0 saturated carbocycles. The van der Waals surface area contributed by atoms with Gasteiger partial charge in [-0.1, -0.05) is 12.1 Å². The van der Waals surface area contributed by atoms with Crippen molar-refractivity contribution in [2.45, 2.75) is 0 Å². The smallest absolute Gasteiger partial charge is 0.241 e. The minimum atomic E-state index is -1.69. The predicted octanol–water partition coefficient (Wildman–Crippen LogP) is 3.11. The molecule has 0 spiro atoms. The number of rotatable bonds is 2. The summed E-state index contributed by atoms with van der Waals surface area (Å²) in [5.74, 6) is 0. The third kappa shape index (κ3) is 2.28. The monoisotopic (exact) mass is 206 g/mol. The molecule has 4 heteroatoms. The molecule has 0 fully saturated rings. The lowest BCUT2D eigenvalue weighted by atomic mass is 10.2. The molecule has 0 aliphatic rings. The standard InChI is InChI=1S/C11H8F2N2/c12-11(13)8-9-2-4-10(5-3-9)15-7-1-6-14-15/h1-8H. The quantitative estimate of drug-likeness (QED) is 0.738. The Kier molecular flexibility index (Phi) is 2.58. The molecule has 1 aromatic carbocycles. The van der Waals surface area contributed by atoms with Gasteiger partial charge < -0.3 is 0 Å². The molecule has 2 nitrogen and oxygen atoms in total. The molecule has 0 atom stereocenters. The zero-order valence-electron chi connectivity index (χ0n) is 7.77. The van der Waals surface area contributed by atoms with Gasteiger partial charge in [0, 0.05) is 18.5 Å². The molecular weight excluding hydrogens is 198 g/mol. The first-order valence-corrected chi connectivity index (χ1v) is 4.38. The number of hydrogen-bond donors (Lipinski definition) is 0. The number of halogens is 2. The lowest BCUT2D eigenvalue weighted by Gasteiger charge is -2.00. The highest BCUT2D eigenvalue weighted by Crippen LogP contribution is 2.12. The van der Waals surface area contributed by atoms with Gasteiger partial charge in [0.1, 0.15) is 0 Å². The average Bonchev–Trinajstić information content (AvgIpc) is 2.71. The molecule has 0 saturated heterocycles. The van der Waals surface area contributed by atoms with Crippen molar-refractivity contribution in [2.75, 3.05) is 0 Å². The van der Waals surface area contributed by atoms with E-state index in [1.54, 1.807) is 47.4 Å². The molecule has 15 heavy (non-hydrogen) atoms. The number of benzene rings is 1. The van der Waals surface area contributed by atoms with E-state index < -0.39 is 6.08 Å². The van der Waals surface area contributed by atoms with Crippen molar-refractivity contribution in [1.82, 2.24) is 9.78 Å². The Labute approximate surface area is 85.5 Å². The molecule has 0 aliphatic carbocycles. The largest absolute Gasteiger partial charge is 0.270 e. The van der Waals surface area contributed by atoms with Gasteiger partial charge in [0.2, 0.25) is 0 Å². The lowest BCUT2D eigenvalue weighted by molar-refractivity contribution is 0.429. The molecule has 0 bridgehead atoms. The van der Waals surface area contributed by atoms with Crippen LogP contribution in [0.15, 0.2) is 48.8 Å². The van der Waals surface area contributed by atoms with Gasteiger partial charge in [0.15, 0.2) is 0 Å². The molecule has 0 amide bonds. The van der Waals surface area contributed by atoms with Crippen LogP contribution >= 0.6 is 0 Å². The van der Waals surface area contributed by atoms with E-state index in [2.05, 4.69) is 5.10 Å². The highest BCUT2D eigenvalue weighted by atomic mass is 19.3. The van der Waals surface area contributed by atoms with Crippen LogP contribution in [0, 0.1) is 0 Å². The first-order chi connectivity index (χ1) is 7.25. The fourth-order valence-corrected chi connectivity index (χ4v) is 1.27. The van der Waals surface area contributed by atoms with Crippen LogP contribution in [0.3, 0.4) is 0 Å². The van der Waals surface area contributed by atoms with E-state index in [0.29, 0.717) is 5.56 Å². The molecular formula is C11H8F2N2.